The van der Waals surface area contributed by atoms with E-state index in [1.807, 2.05) is 19.1 Å². The molecule has 1 aliphatic heterocycles. The lowest BCUT2D eigenvalue weighted by Gasteiger charge is -2.26. The molecule has 2 aromatic rings. The summed E-state index contributed by atoms with van der Waals surface area (Å²) in [5.74, 6) is 1.41. The van der Waals surface area contributed by atoms with Crippen molar-refractivity contribution >= 4 is 11.6 Å². The standard InChI is InChI=1S/C24H33ClN2O3/c1-3-29-23-15-21(17-26-9-4-10-27-11-13-28-14-12-27)22(25)16-24(23)30-18-20-7-5-19(2)6-8-20/h5-8,15-16,26H,3-4,9-14,17-18H2,1-2H3. The summed E-state index contributed by atoms with van der Waals surface area (Å²) in [6.07, 6.45) is 1.10. The summed E-state index contributed by atoms with van der Waals surface area (Å²) in [6.45, 7) is 11.6. The lowest BCUT2D eigenvalue weighted by molar-refractivity contribution is 0.0374. The van der Waals surface area contributed by atoms with Crippen LogP contribution in [-0.4, -0.2) is 50.9 Å². The van der Waals surface area contributed by atoms with E-state index in [0.29, 0.717) is 30.5 Å². The Morgan fingerprint density at radius 1 is 1.07 bits per heavy atom. The lowest BCUT2D eigenvalue weighted by atomic mass is 10.1. The molecule has 0 atom stereocenters. The molecule has 0 amide bonds. The van der Waals surface area contributed by atoms with Gasteiger partial charge in [0.25, 0.3) is 0 Å². The van der Waals surface area contributed by atoms with Gasteiger partial charge in [-0.15, -0.1) is 0 Å². The first-order valence-corrected chi connectivity index (χ1v) is 11.2. The van der Waals surface area contributed by atoms with Gasteiger partial charge in [-0.25, -0.2) is 0 Å². The van der Waals surface area contributed by atoms with E-state index in [1.165, 1.54) is 5.56 Å². The second kappa shape index (κ2) is 12.2. The van der Waals surface area contributed by atoms with Crippen LogP contribution in [0.1, 0.15) is 30.0 Å². The van der Waals surface area contributed by atoms with Gasteiger partial charge in [0.2, 0.25) is 0 Å². The van der Waals surface area contributed by atoms with Crippen LogP contribution in [0.4, 0.5) is 0 Å². The molecule has 1 aliphatic rings. The molecule has 0 aliphatic carbocycles. The van der Waals surface area contributed by atoms with Crippen molar-refractivity contribution in [3.8, 4) is 11.5 Å². The first-order valence-electron chi connectivity index (χ1n) is 10.8. The maximum absolute atomic E-state index is 6.54. The van der Waals surface area contributed by atoms with E-state index in [1.54, 1.807) is 0 Å². The van der Waals surface area contributed by atoms with Crippen LogP contribution < -0.4 is 14.8 Å². The maximum Gasteiger partial charge on any atom is 0.163 e. The largest absolute Gasteiger partial charge is 0.490 e. The van der Waals surface area contributed by atoms with Crippen LogP contribution in [0.15, 0.2) is 36.4 Å². The van der Waals surface area contributed by atoms with Crippen molar-refractivity contribution in [2.75, 3.05) is 46.0 Å². The van der Waals surface area contributed by atoms with Gasteiger partial charge in [-0.3, -0.25) is 4.90 Å². The van der Waals surface area contributed by atoms with E-state index < -0.39 is 0 Å². The quantitative estimate of drug-likeness (QED) is 0.532. The summed E-state index contributed by atoms with van der Waals surface area (Å²) >= 11 is 6.54. The molecule has 0 spiro atoms. The molecule has 0 saturated carbocycles. The highest BCUT2D eigenvalue weighted by Gasteiger charge is 2.12. The van der Waals surface area contributed by atoms with Gasteiger partial charge in [0.15, 0.2) is 11.5 Å². The molecule has 164 valence electrons. The van der Waals surface area contributed by atoms with Gasteiger partial charge in [0, 0.05) is 30.7 Å². The second-order valence-electron chi connectivity index (χ2n) is 7.58. The molecule has 1 fully saturated rings. The van der Waals surface area contributed by atoms with Crippen molar-refractivity contribution < 1.29 is 14.2 Å². The number of nitrogens with zero attached hydrogens (tertiary/aromatic N) is 1. The van der Waals surface area contributed by atoms with Crippen LogP contribution in [-0.2, 0) is 17.9 Å². The number of hydrogen-bond donors (Lipinski definition) is 1. The third kappa shape index (κ3) is 7.17. The normalized spacial score (nSPS) is 14.6. The Kier molecular flexibility index (Phi) is 9.27. The molecule has 1 heterocycles. The van der Waals surface area contributed by atoms with Gasteiger partial charge in [-0.1, -0.05) is 41.4 Å². The number of benzene rings is 2. The summed E-state index contributed by atoms with van der Waals surface area (Å²) < 4.78 is 17.2. The third-order valence-corrected chi connectivity index (χ3v) is 5.53. The Morgan fingerprint density at radius 3 is 2.53 bits per heavy atom. The Bertz CT molecular complexity index is 777. The van der Waals surface area contributed by atoms with Crippen LogP contribution in [0.3, 0.4) is 0 Å². The second-order valence-corrected chi connectivity index (χ2v) is 7.99. The first-order chi connectivity index (χ1) is 14.7. The third-order valence-electron chi connectivity index (χ3n) is 5.17. The Balaban J connectivity index is 1.52. The topological polar surface area (TPSA) is 43.0 Å². The highest BCUT2D eigenvalue weighted by atomic mass is 35.5. The van der Waals surface area contributed by atoms with Crippen molar-refractivity contribution in [1.82, 2.24) is 10.2 Å². The summed E-state index contributed by atoms with van der Waals surface area (Å²) in [4.78, 5) is 2.45. The van der Waals surface area contributed by atoms with Crippen molar-refractivity contribution in [3.05, 3.63) is 58.1 Å². The fourth-order valence-electron chi connectivity index (χ4n) is 3.41. The van der Waals surface area contributed by atoms with E-state index >= 15 is 0 Å². The van der Waals surface area contributed by atoms with Gasteiger partial charge >= 0.3 is 0 Å². The summed E-state index contributed by atoms with van der Waals surface area (Å²) in [6, 6.07) is 12.2. The van der Waals surface area contributed by atoms with Crippen LogP contribution >= 0.6 is 11.6 Å². The zero-order chi connectivity index (χ0) is 21.2. The first kappa shape index (κ1) is 22.9. The van der Waals surface area contributed by atoms with E-state index in [2.05, 4.69) is 41.4 Å². The molecular weight excluding hydrogens is 400 g/mol. The van der Waals surface area contributed by atoms with Crippen LogP contribution in [0.2, 0.25) is 5.02 Å². The zero-order valence-corrected chi connectivity index (χ0v) is 18.8. The van der Waals surface area contributed by atoms with Crippen molar-refractivity contribution in [2.24, 2.45) is 0 Å². The molecule has 30 heavy (non-hydrogen) atoms. The van der Waals surface area contributed by atoms with Gasteiger partial charge < -0.3 is 19.5 Å². The molecule has 1 N–H and O–H groups in total. The average molecular weight is 433 g/mol. The lowest BCUT2D eigenvalue weighted by Crippen LogP contribution is -2.37. The Hall–Kier alpha value is -1.79. The van der Waals surface area contributed by atoms with Gasteiger partial charge in [-0.2, -0.15) is 0 Å². The Labute approximate surface area is 185 Å². The van der Waals surface area contributed by atoms with E-state index in [9.17, 15) is 0 Å². The minimum atomic E-state index is 0.482. The van der Waals surface area contributed by atoms with Crippen molar-refractivity contribution in [2.45, 2.75) is 33.4 Å². The highest BCUT2D eigenvalue weighted by molar-refractivity contribution is 6.31. The minimum Gasteiger partial charge on any atom is -0.490 e. The molecule has 5 nitrogen and oxygen atoms in total. The van der Waals surface area contributed by atoms with Crippen LogP contribution in [0.25, 0.3) is 0 Å². The molecular formula is C24H33ClN2O3. The van der Waals surface area contributed by atoms with Crippen LogP contribution in [0.5, 0.6) is 11.5 Å². The highest BCUT2D eigenvalue weighted by Crippen LogP contribution is 2.34. The number of morpholine rings is 1. The number of halogens is 1. The molecule has 1 saturated heterocycles. The van der Waals surface area contributed by atoms with E-state index in [0.717, 1.165) is 62.7 Å². The smallest absolute Gasteiger partial charge is 0.163 e. The van der Waals surface area contributed by atoms with Gasteiger partial charge in [0.1, 0.15) is 6.61 Å². The number of hydrogen-bond acceptors (Lipinski definition) is 5. The van der Waals surface area contributed by atoms with Gasteiger partial charge in [0.05, 0.1) is 19.8 Å². The van der Waals surface area contributed by atoms with Crippen molar-refractivity contribution in [1.29, 1.82) is 0 Å². The summed E-state index contributed by atoms with van der Waals surface area (Å²) in [7, 11) is 0. The molecule has 0 aromatic heterocycles. The SMILES string of the molecule is CCOc1cc(CNCCCN2CCOCC2)c(Cl)cc1OCc1ccc(C)cc1. The zero-order valence-electron chi connectivity index (χ0n) is 18.1. The average Bonchev–Trinajstić information content (AvgIpc) is 2.76. The molecule has 2 aromatic carbocycles. The number of nitrogens with one attached hydrogen (secondary N) is 1. The Morgan fingerprint density at radius 2 is 1.80 bits per heavy atom. The van der Waals surface area contributed by atoms with Crippen molar-refractivity contribution in [3.63, 3.8) is 0 Å². The maximum atomic E-state index is 6.54. The molecule has 3 rings (SSSR count). The predicted octanol–water partition coefficient (Wildman–Crippen LogP) is 4.44. The fraction of sp³-hybridized carbons (Fsp3) is 0.500. The molecule has 0 radical (unpaired) electrons. The van der Waals surface area contributed by atoms with Gasteiger partial charge in [-0.05, 0) is 50.6 Å². The number of aryl methyl sites for hydroxylation is 1. The minimum absolute atomic E-state index is 0.482. The monoisotopic (exact) mass is 432 g/mol. The molecule has 0 unspecified atom stereocenters. The fourth-order valence-corrected chi connectivity index (χ4v) is 3.64. The number of rotatable bonds is 11. The number of ether oxygens (including phenoxy) is 3. The molecule has 6 heteroatoms. The molecule has 0 bridgehead atoms. The van der Waals surface area contributed by atoms with Crippen LogP contribution in [0, 0.1) is 6.92 Å². The van der Waals surface area contributed by atoms with E-state index in [4.69, 9.17) is 25.8 Å². The summed E-state index contributed by atoms with van der Waals surface area (Å²) in [5.41, 5.74) is 3.37. The summed E-state index contributed by atoms with van der Waals surface area (Å²) in [5, 5.41) is 4.19. The predicted molar refractivity (Wildman–Crippen MR) is 122 cm³/mol. The van der Waals surface area contributed by atoms with E-state index in [-0.39, 0.29) is 0 Å².